The number of rotatable bonds is 7. The largest absolute Gasteiger partial charge is 0.457 e. The maximum absolute atomic E-state index is 10.6. The summed E-state index contributed by atoms with van der Waals surface area (Å²) in [6.07, 6.45) is 0.692. The second kappa shape index (κ2) is 6.87. The molecule has 0 radical (unpaired) electrons. The van der Waals surface area contributed by atoms with Gasteiger partial charge in [0, 0.05) is 13.1 Å². The van der Waals surface area contributed by atoms with Crippen molar-refractivity contribution in [3.05, 3.63) is 59.5 Å². The molecule has 0 aliphatic heterocycles. The van der Waals surface area contributed by atoms with Crippen LogP contribution in [0.5, 0.6) is 0 Å². The molecule has 1 N–H and O–H groups in total. The first-order chi connectivity index (χ1) is 9.31. The highest BCUT2D eigenvalue weighted by molar-refractivity contribution is 5.70. The molecule has 0 saturated heterocycles. The zero-order valence-electron chi connectivity index (χ0n) is 10.7. The Labute approximate surface area is 112 Å². The Morgan fingerprint density at radius 3 is 2.53 bits per heavy atom. The summed E-state index contributed by atoms with van der Waals surface area (Å²) in [7, 11) is 0. The lowest BCUT2D eigenvalue weighted by Crippen LogP contribution is -2.25. The number of furan rings is 1. The van der Waals surface area contributed by atoms with E-state index in [-0.39, 0.29) is 6.61 Å². The molecule has 19 heavy (non-hydrogen) atoms. The van der Waals surface area contributed by atoms with Crippen LogP contribution in [0, 0.1) is 0 Å². The van der Waals surface area contributed by atoms with Crippen molar-refractivity contribution in [3.8, 4) is 0 Å². The quantitative estimate of drug-likeness (QED) is 0.773. The third-order valence-electron chi connectivity index (χ3n) is 2.84. The first-order valence-corrected chi connectivity index (χ1v) is 6.23. The van der Waals surface area contributed by atoms with Crippen LogP contribution in [0.15, 0.2) is 46.9 Å². The van der Waals surface area contributed by atoms with Gasteiger partial charge in [-0.15, -0.1) is 0 Å². The minimum absolute atomic E-state index is 0.0913. The molecular formula is C15H17NO3. The first-order valence-electron chi connectivity index (χ1n) is 6.23. The van der Waals surface area contributed by atoms with Crippen molar-refractivity contribution in [1.82, 2.24) is 4.90 Å². The lowest BCUT2D eigenvalue weighted by Gasteiger charge is -2.20. The monoisotopic (exact) mass is 259 g/mol. The fourth-order valence-corrected chi connectivity index (χ4v) is 1.96. The van der Waals surface area contributed by atoms with Crippen LogP contribution in [0.2, 0.25) is 0 Å². The molecule has 0 spiro atoms. The molecule has 0 atom stereocenters. The van der Waals surface area contributed by atoms with Gasteiger partial charge in [-0.1, -0.05) is 30.3 Å². The molecule has 0 unspecified atom stereocenters. The molecule has 4 nitrogen and oxygen atoms in total. The predicted molar refractivity (Wildman–Crippen MR) is 71.7 cm³/mol. The van der Waals surface area contributed by atoms with E-state index in [1.54, 1.807) is 12.1 Å². The van der Waals surface area contributed by atoms with Crippen LogP contribution in [-0.4, -0.2) is 29.4 Å². The van der Waals surface area contributed by atoms with Crippen LogP contribution >= 0.6 is 0 Å². The van der Waals surface area contributed by atoms with Crippen LogP contribution in [0.3, 0.4) is 0 Å². The number of hydrogen-bond acceptors (Lipinski definition) is 4. The molecule has 0 fully saturated rings. The zero-order chi connectivity index (χ0) is 13.5. The lowest BCUT2D eigenvalue weighted by atomic mass is 10.2. The van der Waals surface area contributed by atoms with E-state index in [0.717, 1.165) is 12.3 Å². The summed E-state index contributed by atoms with van der Waals surface area (Å²) in [6, 6.07) is 13.5. The number of benzene rings is 1. The molecule has 1 aromatic carbocycles. The van der Waals surface area contributed by atoms with Crippen LogP contribution < -0.4 is 0 Å². The average molecular weight is 259 g/mol. The molecule has 1 heterocycles. The highest BCUT2D eigenvalue weighted by Gasteiger charge is 2.09. The highest BCUT2D eigenvalue weighted by Crippen LogP contribution is 2.12. The number of nitrogens with zero attached hydrogens (tertiary/aromatic N) is 1. The fourth-order valence-electron chi connectivity index (χ4n) is 1.96. The Bertz CT molecular complexity index is 507. The lowest BCUT2D eigenvalue weighted by molar-refractivity contribution is 0.109. The summed E-state index contributed by atoms with van der Waals surface area (Å²) in [6.45, 7) is 1.96. The van der Waals surface area contributed by atoms with Gasteiger partial charge in [-0.2, -0.15) is 0 Å². The summed E-state index contributed by atoms with van der Waals surface area (Å²) in [5, 5.41) is 9.12. The van der Waals surface area contributed by atoms with E-state index in [4.69, 9.17) is 9.52 Å². The van der Waals surface area contributed by atoms with Gasteiger partial charge in [-0.05, 0) is 17.7 Å². The van der Waals surface area contributed by atoms with E-state index in [0.29, 0.717) is 25.1 Å². The molecule has 0 saturated carbocycles. The van der Waals surface area contributed by atoms with Crippen molar-refractivity contribution in [2.75, 3.05) is 13.2 Å². The van der Waals surface area contributed by atoms with E-state index in [1.807, 2.05) is 30.3 Å². The van der Waals surface area contributed by atoms with Gasteiger partial charge in [0.05, 0.1) is 13.2 Å². The second-order valence-electron chi connectivity index (χ2n) is 4.34. The Balaban J connectivity index is 2.01. The van der Waals surface area contributed by atoms with Crippen molar-refractivity contribution in [2.45, 2.75) is 13.1 Å². The number of carbonyl (C=O) groups is 1. The van der Waals surface area contributed by atoms with Crippen molar-refractivity contribution in [2.24, 2.45) is 0 Å². The maximum atomic E-state index is 10.6. The third-order valence-corrected chi connectivity index (χ3v) is 2.84. The van der Waals surface area contributed by atoms with Gasteiger partial charge in [0.15, 0.2) is 12.0 Å². The SMILES string of the molecule is O=Cc1ccc(CN(CCO)Cc2ccccc2)o1. The average Bonchev–Trinajstić information content (AvgIpc) is 2.88. The highest BCUT2D eigenvalue weighted by atomic mass is 16.3. The van der Waals surface area contributed by atoms with Gasteiger partial charge in [-0.25, -0.2) is 0 Å². The topological polar surface area (TPSA) is 53.7 Å². The molecule has 4 heteroatoms. The summed E-state index contributed by atoms with van der Waals surface area (Å²) >= 11 is 0. The molecule has 0 aliphatic carbocycles. The standard InChI is InChI=1S/C15H17NO3/c17-9-8-16(10-13-4-2-1-3-5-13)11-14-6-7-15(12-18)19-14/h1-7,12,17H,8-11H2. The van der Waals surface area contributed by atoms with E-state index in [2.05, 4.69) is 4.90 Å². The van der Waals surface area contributed by atoms with Crippen LogP contribution in [0.1, 0.15) is 21.9 Å². The predicted octanol–water partition coefficient (Wildman–Crippen LogP) is 2.09. The number of hydrogen-bond donors (Lipinski definition) is 1. The molecule has 2 rings (SSSR count). The molecule has 0 amide bonds. The van der Waals surface area contributed by atoms with Crippen LogP contribution in [0.25, 0.3) is 0 Å². The van der Waals surface area contributed by atoms with Crippen molar-refractivity contribution in [1.29, 1.82) is 0 Å². The minimum atomic E-state index is 0.0913. The summed E-state index contributed by atoms with van der Waals surface area (Å²) < 4.78 is 5.36. The van der Waals surface area contributed by atoms with E-state index in [1.165, 1.54) is 5.56 Å². The Hall–Kier alpha value is -1.91. The van der Waals surface area contributed by atoms with Gasteiger partial charge < -0.3 is 9.52 Å². The number of carbonyl (C=O) groups excluding carboxylic acids is 1. The van der Waals surface area contributed by atoms with E-state index in [9.17, 15) is 4.79 Å². The third kappa shape index (κ3) is 4.05. The Morgan fingerprint density at radius 1 is 1.11 bits per heavy atom. The van der Waals surface area contributed by atoms with Gasteiger partial charge in [-0.3, -0.25) is 9.69 Å². The van der Waals surface area contributed by atoms with E-state index < -0.39 is 0 Å². The summed E-state index contributed by atoms with van der Waals surface area (Å²) in [4.78, 5) is 12.6. The van der Waals surface area contributed by atoms with Gasteiger partial charge in [0.25, 0.3) is 0 Å². The molecule has 0 aliphatic rings. The maximum Gasteiger partial charge on any atom is 0.185 e. The molecule has 0 bridgehead atoms. The van der Waals surface area contributed by atoms with Crippen LogP contribution in [-0.2, 0) is 13.1 Å². The zero-order valence-corrected chi connectivity index (χ0v) is 10.7. The molecular weight excluding hydrogens is 242 g/mol. The summed E-state index contributed by atoms with van der Waals surface area (Å²) in [5.74, 6) is 1.06. The number of aldehydes is 1. The fraction of sp³-hybridized carbons (Fsp3) is 0.267. The molecule has 1 aromatic heterocycles. The molecule has 100 valence electrons. The summed E-state index contributed by atoms with van der Waals surface area (Å²) in [5.41, 5.74) is 1.18. The molecule has 2 aromatic rings. The second-order valence-corrected chi connectivity index (χ2v) is 4.34. The Morgan fingerprint density at radius 2 is 1.89 bits per heavy atom. The number of aliphatic hydroxyl groups excluding tert-OH is 1. The smallest absolute Gasteiger partial charge is 0.185 e. The normalized spacial score (nSPS) is 10.8. The minimum Gasteiger partial charge on any atom is -0.457 e. The van der Waals surface area contributed by atoms with Crippen LogP contribution in [0.4, 0.5) is 0 Å². The van der Waals surface area contributed by atoms with Gasteiger partial charge in [0.1, 0.15) is 5.76 Å². The van der Waals surface area contributed by atoms with Gasteiger partial charge >= 0.3 is 0 Å². The van der Waals surface area contributed by atoms with Crippen molar-refractivity contribution in [3.63, 3.8) is 0 Å². The van der Waals surface area contributed by atoms with Gasteiger partial charge in [0.2, 0.25) is 0 Å². The first kappa shape index (κ1) is 13.5. The van der Waals surface area contributed by atoms with E-state index >= 15 is 0 Å². The Kier molecular flexibility index (Phi) is 4.89. The number of aliphatic hydroxyl groups is 1. The van der Waals surface area contributed by atoms with Crippen molar-refractivity contribution < 1.29 is 14.3 Å². The van der Waals surface area contributed by atoms with Crippen molar-refractivity contribution >= 4 is 6.29 Å².